The van der Waals surface area contributed by atoms with Crippen LogP contribution in [0.4, 0.5) is 0 Å². The Morgan fingerprint density at radius 3 is 2.41 bits per heavy atom. The van der Waals surface area contributed by atoms with Crippen molar-refractivity contribution in [2.24, 2.45) is 5.73 Å². The molecule has 0 spiro atoms. The Balaban J connectivity index is 2.79. The molecule has 0 aromatic carbocycles. The molecule has 3 heteroatoms. The van der Waals surface area contributed by atoms with E-state index in [0.29, 0.717) is 6.04 Å². The predicted octanol–water partition coefficient (Wildman–Crippen LogP) is 1.92. The molecule has 0 aromatic heterocycles. The number of hydrogen-bond acceptors (Lipinski definition) is 3. The summed E-state index contributed by atoms with van der Waals surface area (Å²) in [4.78, 5) is 5.18. The fourth-order valence-electron chi connectivity index (χ4n) is 3.41. The molecule has 2 N–H and O–H groups in total. The van der Waals surface area contributed by atoms with Crippen LogP contribution in [0.25, 0.3) is 0 Å². The van der Waals surface area contributed by atoms with Crippen molar-refractivity contribution in [3.8, 4) is 0 Å². The minimum absolute atomic E-state index is 0.243. The Morgan fingerprint density at radius 1 is 1.24 bits per heavy atom. The van der Waals surface area contributed by atoms with Gasteiger partial charge in [-0.25, -0.2) is 0 Å². The Kier molecular flexibility index (Phi) is 5.90. The van der Waals surface area contributed by atoms with Gasteiger partial charge in [0.2, 0.25) is 0 Å². The molecule has 0 radical (unpaired) electrons. The summed E-state index contributed by atoms with van der Waals surface area (Å²) in [6, 6.07) is 0.594. The number of rotatable bonds is 5. The zero-order valence-corrected chi connectivity index (χ0v) is 12.2. The topological polar surface area (TPSA) is 32.5 Å². The Morgan fingerprint density at radius 2 is 1.94 bits per heavy atom. The van der Waals surface area contributed by atoms with Crippen LogP contribution in [0, 0.1) is 0 Å². The average Bonchev–Trinajstić information content (AvgIpc) is 2.52. The van der Waals surface area contributed by atoms with Crippen LogP contribution < -0.4 is 5.73 Å². The number of nitrogens with zero attached hydrogens (tertiary/aromatic N) is 2. The maximum Gasteiger partial charge on any atom is 0.0346 e. The molecule has 0 aromatic rings. The van der Waals surface area contributed by atoms with Gasteiger partial charge < -0.3 is 10.6 Å². The van der Waals surface area contributed by atoms with E-state index < -0.39 is 0 Å². The summed E-state index contributed by atoms with van der Waals surface area (Å²) in [5, 5.41) is 0. The van der Waals surface area contributed by atoms with E-state index in [4.69, 9.17) is 5.73 Å². The molecule has 0 bridgehead atoms. The van der Waals surface area contributed by atoms with Crippen molar-refractivity contribution in [1.82, 2.24) is 9.80 Å². The lowest BCUT2D eigenvalue weighted by atomic mass is 9.87. The first-order valence-corrected chi connectivity index (χ1v) is 7.28. The van der Waals surface area contributed by atoms with Gasteiger partial charge in [-0.05, 0) is 59.3 Å². The largest absolute Gasteiger partial charge is 0.329 e. The highest BCUT2D eigenvalue weighted by atomic mass is 15.2. The molecule has 0 aliphatic carbocycles. The molecule has 1 aliphatic rings. The molecular weight excluding hydrogens is 210 g/mol. The highest BCUT2D eigenvalue weighted by molar-refractivity contribution is 4.95. The normalized spacial score (nSPS) is 27.7. The van der Waals surface area contributed by atoms with E-state index in [-0.39, 0.29) is 5.54 Å². The third-order valence-electron chi connectivity index (χ3n) is 4.41. The second kappa shape index (κ2) is 6.72. The maximum absolute atomic E-state index is 6.15. The first-order valence-electron chi connectivity index (χ1n) is 7.28. The second-order valence-corrected chi connectivity index (χ2v) is 5.60. The Labute approximate surface area is 107 Å². The van der Waals surface area contributed by atoms with Gasteiger partial charge in [0.1, 0.15) is 0 Å². The molecule has 1 saturated heterocycles. The van der Waals surface area contributed by atoms with Crippen LogP contribution in [0.3, 0.4) is 0 Å². The van der Waals surface area contributed by atoms with Crippen molar-refractivity contribution < 1.29 is 0 Å². The van der Waals surface area contributed by atoms with Gasteiger partial charge in [-0.1, -0.05) is 13.8 Å². The monoisotopic (exact) mass is 241 g/mol. The summed E-state index contributed by atoms with van der Waals surface area (Å²) < 4.78 is 0. The van der Waals surface area contributed by atoms with Crippen molar-refractivity contribution in [1.29, 1.82) is 0 Å². The first kappa shape index (κ1) is 14.9. The number of hydrogen-bond donors (Lipinski definition) is 1. The summed E-state index contributed by atoms with van der Waals surface area (Å²) in [5.74, 6) is 0. The van der Waals surface area contributed by atoms with Crippen molar-refractivity contribution in [2.75, 3.05) is 32.7 Å². The molecule has 1 aliphatic heterocycles. The zero-order chi connectivity index (χ0) is 12.9. The molecular formula is C14H31N3. The predicted molar refractivity (Wildman–Crippen MR) is 75.3 cm³/mol. The van der Waals surface area contributed by atoms with E-state index in [1.807, 2.05) is 0 Å². The quantitative estimate of drug-likeness (QED) is 0.798. The summed E-state index contributed by atoms with van der Waals surface area (Å²) in [6.45, 7) is 14.7. The fraction of sp³-hybridized carbons (Fsp3) is 1.00. The molecule has 1 unspecified atom stereocenters. The van der Waals surface area contributed by atoms with Gasteiger partial charge in [-0.3, -0.25) is 4.90 Å². The summed E-state index contributed by atoms with van der Waals surface area (Å²) >= 11 is 0. The average molecular weight is 241 g/mol. The van der Waals surface area contributed by atoms with E-state index in [0.717, 1.165) is 13.1 Å². The highest BCUT2D eigenvalue weighted by Gasteiger charge is 2.37. The number of likely N-dealkylation sites (N-methyl/N-ethyl adjacent to an activating group) is 1. The fourth-order valence-corrected chi connectivity index (χ4v) is 3.41. The van der Waals surface area contributed by atoms with Crippen LogP contribution >= 0.6 is 0 Å². The van der Waals surface area contributed by atoms with Gasteiger partial charge >= 0.3 is 0 Å². The molecule has 1 rings (SSSR count). The van der Waals surface area contributed by atoms with Gasteiger partial charge in [0, 0.05) is 18.1 Å². The lowest BCUT2D eigenvalue weighted by Gasteiger charge is -2.45. The summed E-state index contributed by atoms with van der Waals surface area (Å²) in [6.07, 6.45) is 3.77. The number of likely N-dealkylation sites (tertiary alicyclic amines) is 1. The van der Waals surface area contributed by atoms with Gasteiger partial charge in [0.25, 0.3) is 0 Å². The van der Waals surface area contributed by atoms with Crippen molar-refractivity contribution in [2.45, 2.75) is 58.5 Å². The van der Waals surface area contributed by atoms with Crippen molar-refractivity contribution >= 4 is 0 Å². The number of nitrogens with two attached hydrogens (primary N) is 1. The molecule has 102 valence electrons. The second-order valence-electron chi connectivity index (χ2n) is 5.60. The molecule has 0 saturated carbocycles. The molecule has 3 nitrogen and oxygen atoms in total. The van der Waals surface area contributed by atoms with Crippen LogP contribution in [0.5, 0.6) is 0 Å². The van der Waals surface area contributed by atoms with Gasteiger partial charge in [0.15, 0.2) is 0 Å². The molecule has 1 atom stereocenters. The Bertz CT molecular complexity index is 218. The van der Waals surface area contributed by atoms with Crippen LogP contribution in [-0.4, -0.2) is 54.1 Å². The van der Waals surface area contributed by atoms with E-state index in [1.165, 1.54) is 38.9 Å². The zero-order valence-electron chi connectivity index (χ0n) is 12.2. The van der Waals surface area contributed by atoms with E-state index in [2.05, 4.69) is 37.5 Å². The molecule has 17 heavy (non-hydrogen) atoms. The van der Waals surface area contributed by atoms with Crippen LogP contribution in [-0.2, 0) is 0 Å². The van der Waals surface area contributed by atoms with E-state index in [9.17, 15) is 0 Å². The van der Waals surface area contributed by atoms with Crippen LogP contribution in [0.15, 0.2) is 0 Å². The minimum Gasteiger partial charge on any atom is -0.329 e. The van der Waals surface area contributed by atoms with Crippen molar-refractivity contribution in [3.05, 3.63) is 0 Å². The lowest BCUT2D eigenvalue weighted by Crippen LogP contribution is -2.56. The highest BCUT2D eigenvalue weighted by Crippen LogP contribution is 2.29. The van der Waals surface area contributed by atoms with Crippen molar-refractivity contribution in [3.63, 3.8) is 0 Å². The molecule has 1 fully saturated rings. The van der Waals surface area contributed by atoms with Gasteiger partial charge in [-0.2, -0.15) is 0 Å². The third kappa shape index (κ3) is 3.43. The molecule has 0 amide bonds. The SMILES string of the molecule is CCN1CCCC(CN)(N(CC)C(C)C)CC1. The van der Waals surface area contributed by atoms with Gasteiger partial charge in [-0.15, -0.1) is 0 Å². The summed E-state index contributed by atoms with van der Waals surface area (Å²) in [5.41, 5.74) is 6.39. The summed E-state index contributed by atoms with van der Waals surface area (Å²) in [7, 11) is 0. The van der Waals surface area contributed by atoms with Gasteiger partial charge in [0.05, 0.1) is 0 Å². The lowest BCUT2D eigenvalue weighted by molar-refractivity contribution is 0.0537. The first-order chi connectivity index (χ1) is 8.09. The minimum atomic E-state index is 0.243. The van der Waals surface area contributed by atoms with E-state index >= 15 is 0 Å². The molecule has 1 heterocycles. The third-order valence-corrected chi connectivity index (χ3v) is 4.41. The Hall–Kier alpha value is -0.120. The maximum atomic E-state index is 6.15. The standard InChI is InChI=1S/C14H31N3/c1-5-16-10-7-8-14(12-15,9-11-16)17(6-2)13(3)4/h13H,5-12,15H2,1-4H3. The van der Waals surface area contributed by atoms with Crippen LogP contribution in [0.1, 0.15) is 47.0 Å². The smallest absolute Gasteiger partial charge is 0.0346 e. The van der Waals surface area contributed by atoms with E-state index in [1.54, 1.807) is 0 Å². The van der Waals surface area contributed by atoms with Crippen LogP contribution in [0.2, 0.25) is 0 Å².